The number of aryl methyl sites for hydroxylation is 1. The van der Waals surface area contributed by atoms with Gasteiger partial charge in [-0.3, -0.25) is 0 Å². The molecule has 6 nitrogen and oxygen atoms in total. The summed E-state index contributed by atoms with van der Waals surface area (Å²) in [6.07, 6.45) is 5.32. The smallest absolute Gasteiger partial charge is 0.225 e. The van der Waals surface area contributed by atoms with Crippen molar-refractivity contribution in [2.45, 2.75) is 6.92 Å². The monoisotopic (exact) mass is 254 g/mol. The standard InChI is InChI=1S/C13H14N6/c1-9-6-12-10(8-16-19(12)15-7-9)11-4-5-14-13(17-11)18(2)3/h4-8H,1-3H3. The maximum Gasteiger partial charge on any atom is 0.225 e. The van der Waals surface area contributed by atoms with Gasteiger partial charge in [0, 0.05) is 25.9 Å². The zero-order valence-electron chi connectivity index (χ0n) is 11.1. The van der Waals surface area contributed by atoms with Gasteiger partial charge in [0.15, 0.2) is 0 Å². The van der Waals surface area contributed by atoms with Crippen LogP contribution in [0.25, 0.3) is 16.8 Å². The Morgan fingerprint density at radius 3 is 2.74 bits per heavy atom. The Morgan fingerprint density at radius 1 is 1.16 bits per heavy atom. The number of hydrogen-bond acceptors (Lipinski definition) is 5. The third-order valence-electron chi connectivity index (χ3n) is 2.84. The third kappa shape index (κ3) is 2.01. The molecule has 0 aliphatic rings. The molecule has 0 fully saturated rings. The number of anilines is 1. The highest BCUT2D eigenvalue weighted by molar-refractivity contribution is 5.77. The normalized spacial score (nSPS) is 10.9. The van der Waals surface area contributed by atoms with Gasteiger partial charge in [-0.2, -0.15) is 14.8 Å². The van der Waals surface area contributed by atoms with Crippen molar-refractivity contribution in [2.75, 3.05) is 19.0 Å². The van der Waals surface area contributed by atoms with E-state index in [1.807, 2.05) is 38.1 Å². The maximum absolute atomic E-state index is 4.53. The van der Waals surface area contributed by atoms with E-state index in [-0.39, 0.29) is 0 Å². The second-order valence-corrected chi connectivity index (χ2v) is 4.60. The molecule has 0 aliphatic carbocycles. The van der Waals surface area contributed by atoms with E-state index < -0.39 is 0 Å². The van der Waals surface area contributed by atoms with E-state index in [0.29, 0.717) is 5.95 Å². The average Bonchev–Trinajstić information content (AvgIpc) is 2.81. The van der Waals surface area contributed by atoms with Gasteiger partial charge in [-0.05, 0) is 24.6 Å². The molecule has 0 radical (unpaired) electrons. The second-order valence-electron chi connectivity index (χ2n) is 4.60. The Balaban J connectivity index is 2.18. The molecule has 0 amide bonds. The maximum atomic E-state index is 4.53. The molecule has 3 aromatic rings. The van der Waals surface area contributed by atoms with Gasteiger partial charge in [-0.15, -0.1) is 0 Å². The van der Waals surface area contributed by atoms with Crippen LogP contribution in [0.1, 0.15) is 5.56 Å². The van der Waals surface area contributed by atoms with Crippen LogP contribution in [0, 0.1) is 6.92 Å². The average molecular weight is 254 g/mol. The first-order chi connectivity index (χ1) is 9.15. The van der Waals surface area contributed by atoms with Crippen molar-refractivity contribution in [1.29, 1.82) is 0 Å². The van der Waals surface area contributed by atoms with Crippen LogP contribution >= 0.6 is 0 Å². The van der Waals surface area contributed by atoms with E-state index in [4.69, 9.17) is 0 Å². The highest BCUT2D eigenvalue weighted by Crippen LogP contribution is 2.23. The fraction of sp³-hybridized carbons (Fsp3) is 0.231. The lowest BCUT2D eigenvalue weighted by Gasteiger charge is -2.10. The quantitative estimate of drug-likeness (QED) is 0.694. The van der Waals surface area contributed by atoms with Crippen LogP contribution in [0.3, 0.4) is 0 Å². The molecule has 19 heavy (non-hydrogen) atoms. The lowest BCUT2D eigenvalue weighted by molar-refractivity contribution is 0.796. The summed E-state index contributed by atoms with van der Waals surface area (Å²) in [7, 11) is 3.84. The van der Waals surface area contributed by atoms with E-state index in [1.165, 1.54) is 0 Å². The SMILES string of the molecule is Cc1cnn2ncc(-c3ccnc(N(C)C)n3)c2c1. The van der Waals surface area contributed by atoms with Crippen LogP contribution < -0.4 is 4.90 Å². The zero-order chi connectivity index (χ0) is 13.4. The molecular weight excluding hydrogens is 240 g/mol. The van der Waals surface area contributed by atoms with Crippen molar-refractivity contribution in [3.05, 3.63) is 36.3 Å². The minimum absolute atomic E-state index is 0.678. The topological polar surface area (TPSA) is 59.2 Å². The summed E-state index contributed by atoms with van der Waals surface area (Å²) in [5.74, 6) is 0.678. The summed E-state index contributed by atoms with van der Waals surface area (Å²) in [5.41, 5.74) is 3.85. The molecule has 6 heteroatoms. The molecule has 3 heterocycles. The van der Waals surface area contributed by atoms with Crippen LogP contribution in [0.4, 0.5) is 5.95 Å². The summed E-state index contributed by atoms with van der Waals surface area (Å²) in [5, 5.41) is 8.48. The molecule has 3 aromatic heterocycles. The molecule has 96 valence electrons. The van der Waals surface area contributed by atoms with Crippen molar-refractivity contribution < 1.29 is 0 Å². The summed E-state index contributed by atoms with van der Waals surface area (Å²) in [6.45, 7) is 2.01. The molecule has 0 atom stereocenters. The predicted molar refractivity (Wildman–Crippen MR) is 73.1 cm³/mol. The molecule has 0 saturated carbocycles. The fourth-order valence-corrected chi connectivity index (χ4v) is 1.89. The summed E-state index contributed by atoms with van der Waals surface area (Å²) in [4.78, 5) is 10.6. The van der Waals surface area contributed by atoms with Gasteiger partial charge < -0.3 is 4.90 Å². The highest BCUT2D eigenvalue weighted by atomic mass is 15.4. The van der Waals surface area contributed by atoms with Crippen LogP contribution in [0.5, 0.6) is 0 Å². The van der Waals surface area contributed by atoms with Gasteiger partial charge in [0.2, 0.25) is 5.95 Å². The summed E-state index contributed by atoms with van der Waals surface area (Å²) >= 11 is 0. The number of nitrogens with zero attached hydrogens (tertiary/aromatic N) is 6. The third-order valence-corrected chi connectivity index (χ3v) is 2.84. The highest BCUT2D eigenvalue weighted by Gasteiger charge is 2.10. The van der Waals surface area contributed by atoms with Gasteiger partial charge >= 0.3 is 0 Å². The molecule has 0 unspecified atom stereocenters. The lowest BCUT2D eigenvalue weighted by atomic mass is 10.2. The Morgan fingerprint density at radius 2 is 1.95 bits per heavy atom. The zero-order valence-corrected chi connectivity index (χ0v) is 11.1. The molecule has 0 aromatic carbocycles. The first-order valence-corrected chi connectivity index (χ1v) is 5.96. The number of fused-ring (bicyclic) bond motifs is 1. The Bertz CT molecular complexity index is 731. The largest absolute Gasteiger partial charge is 0.347 e. The minimum atomic E-state index is 0.678. The van der Waals surface area contributed by atoms with Gasteiger partial charge in [-0.1, -0.05) is 0 Å². The lowest BCUT2D eigenvalue weighted by Crippen LogP contribution is -2.12. The first-order valence-electron chi connectivity index (χ1n) is 5.96. The second kappa shape index (κ2) is 4.31. The summed E-state index contributed by atoms with van der Waals surface area (Å²) in [6, 6.07) is 3.93. The number of aromatic nitrogens is 5. The molecular formula is C13H14N6. The van der Waals surface area contributed by atoms with Crippen molar-refractivity contribution in [1.82, 2.24) is 24.8 Å². The minimum Gasteiger partial charge on any atom is -0.347 e. The molecule has 0 N–H and O–H groups in total. The van der Waals surface area contributed by atoms with Gasteiger partial charge in [-0.25, -0.2) is 9.97 Å². The number of hydrogen-bond donors (Lipinski definition) is 0. The molecule has 0 bridgehead atoms. The van der Waals surface area contributed by atoms with Crippen molar-refractivity contribution in [3.63, 3.8) is 0 Å². The van der Waals surface area contributed by atoms with E-state index in [2.05, 4.69) is 20.2 Å². The van der Waals surface area contributed by atoms with E-state index in [9.17, 15) is 0 Å². The van der Waals surface area contributed by atoms with Crippen LogP contribution in [0.2, 0.25) is 0 Å². The van der Waals surface area contributed by atoms with E-state index in [0.717, 1.165) is 22.3 Å². The molecule has 0 spiro atoms. The molecule has 0 aliphatic heterocycles. The van der Waals surface area contributed by atoms with Gasteiger partial charge in [0.25, 0.3) is 0 Å². The van der Waals surface area contributed by atoms with Gasteiger partial charge in [0.1, 0.15) is 0 Å². The molecule has 3 rings (SSSR count). The first kappa shape index (κ1) is 11.6. The molecule has 0 saturated heterocycles. The van der Waals surface area contributed by atoms with Crippen molar-refractivity contribution in [3.8, 4) is 11.3 Å². The Labute approximate surface area is 110 Å². The van der Waals surface area contributed by atoms with Crippen molar-refractivity contribution >= 4 is 11.5 Å². The van der Waals surface area contributed by atoms with Crippen LogP contribution in [0.15, 0.2) is 30.7 Å². The Kier molecular flexibility index (Phi) is 2.63. The fourth-order valence-electron chi connectivity index (χ4n) is 1.89. The van der Waals surface area contributed by atoms with Crippen molar-refractivity contribution in [2.24, 2.45) is 0 Å². The van der Waals surface area contributed by atoms with Crippen LogP contribution in [-0.2, 0) is 0 Å². The van der Waals surface area contributed by atoms with Crippen LogP contribution in [-0.4, -0.2) is 38.9 Å². The van der Waals surface area contributed by atoms with E-state index in [1.54, 1.807) is 23.2 Å². The predicted octanol–water partition coefficient (Wildman–Crippen LogP) is 1.56. The summed E-state index contributed by atoms with van der Waals surface area (Å²) < 4.78 is 1.61. The van der Waals surface area contributed by atoms with E-state index >= 15 is 0 Å². The number of rotatable bonds is 2. The van der Waals surface area contributed by atoms with Gasteiger partial charge in [0.05, 0.1) is 23.6 Å². The Hall–Kier alpha value is -2.50.